The summed E-state index contributed by atoms with van der Waals surface area (Å²) < 4.78 is 3.89. The van der Waals surface area contributed by atoms with E-state index in [1.807, 2.05) is 26.2 Å². The molecule has 7 nitrogen and oxygen atoms in total. The maximum Gasteiger partial charge on any atom is 0.166 e. The molecular formula is C20H22N6OS. The number of phenols is 1. The Morgan fingerprint density at radius 1 is 1.29 bits per heavy atom. The molecule has 1 aliphatic carbocycles. The lowest BCUT2D eigenvalue weighted by Gasteiger charge is -2.30. The number of phenolic OH excluding ortho intramolecular Hbond substituents is 1. The molecule has 1 saturated heterocycles. The van der Waals surface area contributed by atoms with Crippen molar-refractivity contribution in [1.82, 2.24) is 29.9 Å². The van der Waals surface area contributed by atoms with Crippen LogP contribution in [0, 0.1) is 6.92 Å². The summed E-state index contributed by atoms with van der Waals surface area (Å²) >= 11 is 1.54. The lowest BCUT2D eigenvalue weighted by Crippen LogP contribution is -2.40. The number of hydrogen-bond acceptors (Lipinski definition) is 6. The molecule has 1 spiro atoms. The van der Waals surface area contributed by atoms with Gasteiger partial charge in [0, 0.05) is 29.7 Å². The lowest BCUT2D eigenvalue weighted by atomic mass is 9.98. The highest BCUT2D eigenvalue weighted by Gasteiger charge is 2.46. The van der Waals surface area contributed by atoms with E-state index in [1.54, 1.807) is 16.0 Å². The third-order valence-electron chi connectivity index (χ3n) is 6.28. The molecular weight excluding hydrogens is 372 g/mol. The molecule has 1 saturated carbocycles. The van der Waals surface area contributed by atoms with E-state index in [0.717, 1.165) is 56.8 Å². The lowest BCUT2D eigenvalue weighted by molar-refractivity contribution is 0.272. The van der Waals surface area contributed by atoms with Crippen LogP contribution in [-0.4, -0.2) is 41.7 Å². The number of nitrogens with zero attached hydrogens (tertiary/aromatic N) is 5. The van der Waals surface area contributed by atoms with Crippen LogP contribution in [-0.2, 0) is 7.05 Å². The number of fused-ring (bicyclic) bond motifs is 2. The summed E-state index contributed by atoms with van der Waals surface area (Å²) in [5.41, 5.74) is 3.66. The minimum atomic E-state index is 0.254. The first-order chi connectivity index (χ1) is 13.5. The molecule has 2 fully saturated rings. The first kappa shape index (κ1) is 16.5. The highest BCUT2D eigenvalue weighted by molar-refractivity contribution is 7.21. The molecule has 1 aliphatic heterocycles. The van der Waals surface area contributed by atoms with Gasteiger partial charge >= 0.3 is 0 Å². The van der Waals surface area contributed by atoms with Crippen LogP contribution in [0.3, 0.4) is 0 Å². The van der Waals surface area contributed by atoms with Crippen LogP contribution in [0.1, 0.15) is 37.3 Å². The van der Waals surface area contributed by atoms with Crippen LogP contribution in [0.4, 0.5) is 0 Å². The average Bonchev–Trinajstić information content (AvgIpc) is 3.01. The molecule has 3 aromatic heterocycles. The minimum Gasteiger partial charge on any atom is -0.507 e. The van der Waals surface area contributed by atoms with Gasteiger partial charge in [-0.2, -0.15) is 10.2 Å². The van der Waals surface area contributed by atoms with Gasteiger partial charge in [-0.05, 0) is 45.2 Å². The number of hydrogen-bond donors (Lipinski definition) is 2. The van der Waals surface area contributed by atoms with Gasteiger partial charge in [-0.3, -0.25) is 9.36 Å². The maximum atomic E-state index is 10.7. The van der Waals surface area contributed by atoms with Gasteiger partial charge in [0.2, 0.25) is 0 Å². The summed E-state index contributed by atoms with van der Waals surface area (Å²) in [7, 11) is 1.89. The molecule has 2 aliphatic rings. The zero-order chi connectivity index (χ0) is 19.0. The van der Waals surface area contributed by atoms with Gasteiger partial charge in [0.25, 0.3) is 0 Å². The topological polar surface area (TPSA) is 80.8 Å². The fourth-order valence-electron chi connectivity index (χ4n) is 4.53. The predicted octanol–water partition coefficient (Wildman–Crippen LogP) is 3.52. The van der Waals surface area contributed by atoms with Gasteiger partial charge in [0.05, 0.1) is 23.3 Å². The Balaban J connectivity index is 1.39. The number of aromatic hydroxyl groups is 1. The monoisotopic (exact) mass is 394 g/mol. The number of aryl methyl sites for hydroxylation is 2. The van der Waals surface area contributed by atoms with E-state index in [9.17, 15) is 5.11 Å². The second-order valence-electron chi connectivity index (χ2n) is 8.31. The third kappa shape index (κ3) is 2.41. The van der Waals surface area contributed by atoms with Gasteiger partial charge in [-0.25, -0.2) is 4.98 Å². The van der Waals surface area contributed by atoms with Crippen molar-refractivity contribution in [3.05, 3.63) is 24.0 Å². The van der Waals surface area contributed by atoms with E-state index in [-0.39, 0.29) is 5.75 Å². The molecule has 0 amide bonds. The summed E-state index contributed by atoms with van der Waals surface area (Å²) in [5, 5.41) is 25.5. The van der Waals surface area contributed by atoms with Crippen molar-refractivity contribution in [2.45, 2.75) is 44.2 Å². The molecule has 0 bridgehead atoms. The maximum absolute atomic E-state index is 10.7. The fraction of sp³-hybridized carbons (Fsp3) is 0.450. The summed E-state index contributed by atoms with van der Waals surface area (Å²) in [6.07, 6.45) is 8.89. The molecule has 1 aromatic carbocycles. The molecule has 1 atom stereocenters. The number of aromatic nitrogens is 5. The molecule has 144 valence electrons. The number of thiazole rings is 1. The second-order valence-corrected chi connectivity index (χ2v) is 9.29. The summed E-state index contributed by atoms with van der Waals surface area (Å²) in [5.74, 6) is 0.254. The van der Waals surface area contributed by atoms with Gasteiger partial charge in [-0.15, -0.1) is 0 Å². The Bertz CT molecular complexity index is 1200. The molecule has 0 unspecified atom stereocenters. The first-order valence-electron chi connectivity index (χ1n) is 9.78. The van der Waals surface area contributed by atoms with Crippen LogP contribution in [0.2, 0.25) is 0 Å². The van der Waals surface area contributed by atoms with Crippen molar-refractivity contribution in [3.63, 3.8) is 0 Å². The number of nitrogens with one attached hydrogen (secondary N) is 1. The van der Waals surface area contributed by atoms with Crippen molar-refractivity contribution in [1.29, 1.82) is 0 Å². The number of benzene rings is 1. The zero-order valence-electron chi connectivity index (χ0n) is 15.9. The van der Waals surface area contributed by atoms with Gasteiger partial charge in [-0.1, -0.05) is 11.3 Å². The van der Waals surface area contributed by atoms with E-state index in [2.05, 4.69) is 21.3 Å². The van der Waals surface area contributed by atoms with Crippen LogP contribution < -0.4 is 5.32 Å². The molecule has 28 heavy (non-hydrogen) atoms. The zero-order valence-corrected chi connectivity index (χ0v) is 16.8. The molecule has 2 N–H and O–H groups in total. The Kier molecular flexibility index (Phi) is 3.27. The summed E-state index contributed by atoms with van der Waals surface area (Å²) in [6.45, 7) is 2.97. The van der Waals surface area contributed by atoms with Crippen molar-refractivity contribution in [3.8, 4) is 16.3 Å². The van der Waals surface area contributed by atoms with Crippen LogP contribution in [0.25, 0.3) is 31.8 Å². The average molecular weight is 395 g/mol. The smallest absolute Gasteiger partial charge is 0.166 e. The van der Waals surface area contributed by atoms with Gasteiger partial charge in [0.15, 0.2) is 4.83 Å². The first-order valence-corrected chi connectivity index (χ1v) is 10.6. The van der Waals surface area contributed by atoms with Crippen LogP contribution >= 0.6 is 11.3 Å². The van der Waals surface area contributed by atoms with Crippen molar-refractivity contribution < 1.29 is 5.11 Å². The molecule has 4 heterocycles. The second kappa shape index (κ2) is 5.55. The summed E-state index contributed by atoms with van der Waals surface area (Å²) in [4.78, 5) is 5.73. The highest BCUT2D eigenvalue weighted by Crippen LogP contribution is 2.46. The van der Waals surface area contributed by atoms with Crippen LogP contribution in [0.5, 0.6) is 5.75 Å². The molecule has 6 rings (SSSR count). The predicted molar refractivity (Wildman–Crippen MR) is 110 cm³/mol. The third-order valence-corrected chi connectivity index (χ3v) is 7.27. The quantitative estimate of drug-likeness (QED) is 0.544. The van der Waals surface area contributed by atoms with Crippen molar-refractivity contribution >= 4 is 32.6 Å². The van der Waals surface area contributed by atoms with Crippen molar-refractivity contribution in [2.24, 2.45) is 7.05 Å². The molecule has 4 aromatic rings. The van der Waals surface area contributed by atoms with E-state index < -0.39 is 0 Å². The van der Waals surface area contributed by atoms with Gasteiger partial charge in [0.1, 0.15) is 16.3 Å². The highest BCUT2D eigenvalue weighted by atomic mass is 32.1. The largest absolute Gasteiger partial charge is 0.507 e. The Hall–Kier alpha value is -2.45. The number of piperidine rings is 1. The Labute approximate surface area is 166 Å². The van der Waals surface area contributed by atoms with Crippen molar-refractivity contribution in [2.75, 3.05) is 6.54 Å². The van der Waals surface area contributed by atoms with E-state index >= 15 is 0 Å². The van der Waals surface area contributed by atoms with E-state index in [1.165, 1.54) is 12.8 Å². The van der Waals surface area contributed by atoms with E-state index in [4.69, 9.17) is 10.1 Å². The standard InChI is InChI=1S/C20H22N6OS/c1-11-16-12(9-25(2)23-16)7-14(17(11)27)18-22-15-10-26(24-19(15)28-18)13-3-6-21-20(8-13)4-5-20/h7,9-10,13,21,27H,3-6,8H2,1-2H3/t13-/m0/s1. The summed E-state index contributed by atoms with van der Waals surface area (Å²) in [6, 6.07) is 2.43. The normalized spacial score (nSPS) is 21.1. The molecule has 0 radical (unpaired) electrons. The van der Waals surface area contributed by atoms with Crippen LogP contribution in [0.15, 0.2) is 18.5 Å². The Morgan fingerprint density at radius 2 is 2.14 bits per heavy atom. The molecule has 8 heteroatoms. The number of rotatable bonds is 2. The Morgan fingerprint density at radius 3 is 2.93 bits per heavy atom. The van der Waals surface area contributed by atoms with Gasteiger partial charge < -0.3 is 10.4 Å². The fourth-order valence-corrected chi connectivity index (χ4v) is 5.46. The SMILES string of the molecule is Cc1c(O)c(-c2nc3cn([C@H]4CCNC5(CC5)C4)nc3s2)cc2cn(C)nc12. The minimum absolute atomic E-state index is 0.254. The van der Waals surface area contributed by atoms with E-state index in [0.29, 0.717) is 11.6 Å².